The lowest BCUT2D eigenvalue weighted by Gasteiger charge is -2.17. The highest BCUT2D eigenvalue weighted by Gasteiger charge is 2.27. The number of aromatic nitrogens is 1. The molecule has 1 aromatic rings. The zero-order valence-corrected chi connectivity index (χ0v) is 9.60. The Morgan fingerprint density at radius 1 is 1.31 bits per heavy atom. The third-order valence-corrected chi connectivity index (χ3v) is 3.69. The molecular weight excluding hydrogens is 198 g/mol. The maximum atomic E-state index is 5.72. The van der Waals surface area contributed by atoms with E-state index in [0.29, 0.717) is 5.92 Å². The van der Waals surface area contributed by atoms with E-state index in [1.54, 1.807) is 0 Å². The summed E-state index contributed by atoms with van der Waals surface area (Å²) in [7, 11) is 0. The van der Waals surface area contributed by atoms with Crippen molar-refractivity contribution in [2.45, 2.75) is 25.2 Å². The zero-order chi connectivity index (χ0) is 11.0. The standard InChI is InChI=1S/C13H19N3/c14-8-10-6-7-16(9-10)13-3-1-2-12(15-13)11-4-5-11/h1-3,10-11H,4-9,14H2. The molecule has 0 radical (unpaired) electrons. The van der Waals surface area contributed by atoms with Crippen LogP contribution in [0.15, 0.2) is 18.2 Å². The molecule has 1 aromatic heterocycles. The van der Waals surface area contributed by atoms with E-state index in [1.165, 1.54) is 25.0 Å². The van der Waals surface area contributed by atoms with Crippen molar-refractivity contribution in [2.75, 3.05) is 24.5 Å². The van der Waals surface area contributed by atoms with E-state index in [1.807, 2.05) is 0 Å². The molecule has 1 unspecified atom stereocenters. The first kappa shape index (κ1) is 10.1. The molecule has 0 bridgehead atoms. The molecule has 0 amide bonds. The van der Waals surface area contributed by atoms with Crippen LogP contribution < -0.4 is 10.6 Å². The molecule has 3 nitrogen and oxygen atoms in total. The molecule has 2 heterocycles. The Morgan fingerprint density at radius 3 is 2.88 bits per heavy atom. The molecule has 1 aliphatic heterocycles. The summed E-state index contributed by atoms with van der Waals surface area (Å²) in [6, 6.07) is 6.44. The number of anilines is 1. The lowest BCUT2D eigenvalue weighted by Crippen LogP contribution is -2.23. The van der Waals surface area contributed by atoms with Gasteiger partial charge in [0.1, 0.15) is 5.82 Å². The summed E-state index contributed by atoms with van der Waals surface area (Å²) in [5.74, 6) is 2.56. The van der Waals surface area contributed by atoms with E-state index in [2.05, 4.69) is 23.1 Å². The van der Waals surface area contributed by atoms with Gasteiger partial charge >= 0.3 is 0 Å². The second kappa shape index (κ2) is 4.06. The molecule has 1 aliphatic carbocycles. The van der Waals surface area contributed by atoms with Gasteiger partial charge in [0.15, 0.2) is 0 Å². The minimum Gasteiger partial charge on any atom is -0.356 e. The highest BCUT2D eigenvalue weighted by Crippen LogP contribution is 2.39. The predicted octanol–water partition coefficient (Wildman–Crippen LogP) is 1.74. The van der Waals surface area contributed by atoms with Crippen molar-refractivity contribution in [1.29, 1.82) is 0 Å². The van der Waals surface area contributed by atoms with Gasteiger partial charge in [0.25, 0.3) is 0 Å². The zero-order valence-electron chi connectivity index (χ0n) is 9.60. The Hall–Kier alpha value is -1.09. The van der Waals surface area contributed by atoms with Gasteiger partial charge in [-0.15, -0.1) is 0 Å². The first-order valence-corrected chi connectivity index (χ1v) is 6.29. The lowest BCUT2D eigenvalue weighted by atomic mass is 10.1. The van der Waals surface area contributed by atoms with E-state index >= 15 is 0 Å². The number of pyridine rings is 1. The largest absolute Gasteiger partial charge is 0.356 e. The Kier molecular flexibility index (Phi) is 2.56. The van der Waals surface area contributed by atoms with Crippen LogP contribution in [0.1, 0.15) is 30.9 Å². The molecule has 16 heavy (non-hydrogen) atoms. The van der Waals surface area contributed by atoms with Gasteiger partial charge in [-0.2, -0.15) is 0 Å². The van der Waals surface area contributed by atoms with Crippen LogP contribution in [0.25, 0.3) is 0 Å². The number of nitrogens with zero attached hydrogens (tertiary/aromatic N) is 2. The summed E-state index contributed by atoms with van der Waals surface area (Å²) in [6.07, 6.45) is 3.86. The van der Waals surface area contributed by atoms with Crippen molar-refractivity contribution < 1.29 is 0 Å². The van der Waals surface area contributed by atoms with Crippen LogP contribution in [-0.4, -0.2) is 24.6 Å². The molecule has 2 fully saturated rings. The Labute approximate surface area is 96.7 Å². The van der Waals surface area contributed by atoms with E-state index in [9.17, 15) is 0 Å². The molecule has 3 rings (SSSR count). The van der Waals surface area contributed by atoms with Gasteiger partial charge in [0.2, 0.25) is 0 Å². The van der Waals surface area contributed by atoms with Crippen molar-refractivity contribution in [3.63, 3.8) is 0 Å². The van der Waals surface area contributed by atoms with E-state index in [0.717, 1.165) is 31.4 Å². The van der Waals surface area contributed by atoms with Gasteiger partial charge in [-0.25, -0.2) is 4.98 Å². The van der Waals surface area contributed by atoms with Crippen LogP contribution >= 0.6 is 0 Å². The highest BCUT2D eigenvalue weighted by molar-refractivity contribution is 5.41. The van der Waals surface area contributed by atoms with Crippen molar-refractivity contribution >= 4 is 5.82 Å². The Morgan fingerprint density at radius 2 is 2.19 bits per heavy atom. The number of rotatable bonds is 3. The topological polar surface area (TPSA) is 42.1 Å². The smallest absolute Gasteiger partial charge is 0.128 e. The van der Waals surface area contributed by atoms with Gasteiger partial charge in [-0.3, -0.25) is 0 Å². The fourth-order valence-corrected chi connectivity index (χ4v) is 2.46. The highest BCUT2D eigenvalue weighted by atomic mass is 15.2. The van der Waals surface area contributed by atoms with Crippen LogP contribution in [0.4, 0.5) is 5.82 Å². The maximum absolute atomic E-state index is 5.72. The van der Waals surface area contributed by atoms with Crippen LogP contribution in [0.3, 0.4) is 0 Å². The molecule has 0 aromatic carbocycles. The van der Waals surface area contributed by atoms with E-state index in [4.69, 9.17) is 10.7 Å². The van der Waals surface area contributed by atoms with Crippen LogP contribution in [-0.2, 0) is 0 Å². The molecule has 0 spiro atoms. The van der Waals surface area contributed by atoms with Crippen LogP contribution in [0, 0.1) is 5.92 Å². The molecule has 86 valence electrons. The number of hydrogen-bond acceptors (Lipinski definition) is 3. The first-order chi connectivity index (χ1) is 7.86. The second-order valence-electron chi connectivity index (χ2n) is 5.03. The fraction of sp³-hybridized carbons (Fsp3) is 0.615. The van der Waals surface area contributed by atoms with Crippen LogP contribution in [0.2, 0.25) is 0 Å². The summed E-state index contributed by atoms with van der Waals surface area (Å²) in [6.45, 7) is 3.00. The van der Waals surface area contributed by atoms with E-state index < -0.39 is 0 Å². The normalized spacial score (nSPS) is 25.1. The average Bonchev–Trinajstić information content (AvgIpc) is 3.07. The minimum atomic E-state index is 0.659. The monoisotopic (exact) mass is 217 g/mol. The third kappa shape index (κ3) is 1.92. The Balaban J connectivity index is 1.76. The lowest BCUT2D eigenvalue weighted by molar-refractivity contribution is 0.602. The Bertz CT molecular complexity index is 373. The van der Waals surface area contributed by atoms with Gasteiger partial charge < -0.3 is 10.6 Å². The maximum Gasteiger partial charge on any atom is 0.128 e. The fourth-order valence-electron chi connectivity index (χ4n) is 2.46. The molecule has 2 N–H and O–H groups in total. The van der Waals surface area contributed by atoms with Crippen molar-refractivity contribution in [3.05, 3.63) is 23.9 Å². The third-order valence-electron chi connectivity index (χ3n) is 3.69. The van der Waals surface area contributed by atoms with E-state index in [-0.39, 0.29) is 0 Å². The number of nitrogens with two attached hydrogens (primary N) is 1. The van der Waals surface area contributed by atoms with Crippen molar-refractivity contribution in [2.24, 2.45) is 11.7 Å². The molecule has 1 atom stereocenters. The van der Waals surface area contributed by atoms with Gasteiger partial charge in [-0.05, 0) is 43.9 Å². The second-order valence-corrected chi connectivity index (χ2v) is 5.03. The quantitative estimate of drug-likeness (QED) is 0.838. The summed E-state index contributed by atoms with van der Waals surface area (Å²) in [5, 5.41) is 0. The van der Waals surface area contributed by atoms with Crippen molar-refractivity contribution in [3.8, 4) is 0 Å². The summed E-state index contributed by atoms with van der Waals surface area (Å²) in [4.78, 5) is 7.15. The molecule has 1 saturated heterocycles. The first-order valence-electron chi connectivity index (χ1n) is 6.29. The van der Waals surface area contributed by atoms with Gasteiger partial charge in [0, 0.05) is 24.7 Å². The summed E-state index contributed by atoms with van der Waals surface area (Å²) < 4.78 is 0. The molecule has 3 heteroatoms. The summed E-state index contributed by atoms with van der Waals surface area (Å²) in [5.41, 5.74) is 7.00. The minimum absolute atomic E-state index is 0.659. The SMILES string of the molecule is NCC1CCN(c2cccc(C3CC3)n2)C1. The predicted molar refractivity (Wildman–Crippen MR) is 65.6 cm³/mol. The van der Waals surface area contributed by atoms with Crippen molar-refractivity contribution in [1.82, 2.24) is 4.98 Å². The average molecular weight is 217 g/mol. The van der Waals surface area contributed by atoms with Crippen LogP contribution in [0.5, 0.6) is 0 Å². The van der Waals surface area contributed by atoms with Gasteiger partial charge in [0.05, 0.1) is 0 Å². The van der Waals surface area contributed by atoms with Gasteiger partial charge in [-0.1, -0.05) is 6.07 Å². The molecule has 2 aliphatic rings. The molecule has 1 saturated carbocycles. The summed E-state index contributed by atoms with van der Waals surface area (Å²) >= 11 is 0. The number of hydrogen-bond donors (Lipinski definition) is 1. The molecular formula is C13H19N3.